The minimum absolute atomic E-state index is 0.0280. The molecule has 0 heterocycles. The Morgan fingerprint density at radius 1 is 1.36 bits per heavy atom. The second-order valence-corrected chi connectivity index (χ2v) is 7.11. The van der Waals surface area contributed by atoms with Crippen LogP contribution in [-0.2, 0) is 15.0 Å². The van der Waals surface area contributed by atoms with Gasteiger partial charge in [0.1, 0.15) is 5.78 Å². The van der Waals surface area contributed by atoms with Gasteiger partial charge >= 0.3 is 5.51 Å². The molecule has 0 aliphatic heterocycles. The number of carbonyl (C=O) groups excluding carboxylic acids is 2. The first kappa shape index (κ1) is 17.3. The fourth-order valence-corrected chi connectivity index (χ4v) is 3.24. The molecule has 3 nitrogen and oxygen atoms in total. The Morgan fingerprint density at radius 2 is 2.05 bits per heavy atom. The number of amides is 1. The first-order valence-corrected chi connectivity index (χ1v) is 8.27. The molecule has 0 aromatic heterocycles. The van der Waals surface area contributed by atoms with Gasteiger partial charge in [0.2, 0.25) is 5.91 Å². The lowest BCUT2D eigenvalue weighted by molar-refractivity contribution is -0.140. The zero-order chi connectivity index (χ0) is 16.4. The molecular weight excluding hydrogens is 383 g/mol. The number of rotatable bonds is 5. The second-order valence-electron chi connectivity index (χ2n) is 5.03. The van der Waals surface area contributed by atoms with Crippen molar-refractivity contribution < 1.29 is 22.8 Å². The lowest BCUT2D eigenvalue weighted by atomic mass is 9.63. The third-order valence-corrected chi connectivity index (χ3v) is 4.69. The molecular formula is C14H13BrF3NO2S. The Kier molecular flexibility index (Phi) is 5.21. The van der Waals surface area contributed by atoms with Crippen LogP contribution < -0.4 is 5.32 Å². The smallest absolute Gasteiger partial charge is 0.354 e. The van der Waals surface area contributed by atoms with Gasteiger partial charge in [-0.1, -0.05) is 28.1 Å². The van der Waals surface area contributed by atoms with Crippen LogP contribution in [-0.4, -0.2) is 29.5 Å². The quantitative estimate of drug-likeness (QED) is 0.776. The second kappa shape index (κ2) is 6.62. The number of halogens is 4. The van der Waals surface area contributed by atoms with E-state index in [0.717, 1.165) is 4.47 Å². The van der Waals surface area contributed by atoms with Crippen LogP contribution in [0.4, 0.5) is 13.2 Å². The molecule has 0 bridgehead atoms. The van der Waals surface area contributed by atoms with Crippen LogP contribution in [0, 0.1) is 0 Å². The zero-order valence-electron chi connectivity index (χ0n) is 11.4. The summed E-state index contributed by atoms with van der Waals surface area (Å²) in [4.78, 5) is 23.8. The average Bonchev–Trinajstić information content (AvgIpc) is 2.38. The molecule has 1 aromatic rings. The topological polar surface area (TPSA) is 46.2 Å². The van der Waals surface area contributed by atoms with E-state index < -0.39 is 16.8 Å². The monoisotopic (exact) mass is 395 g/mol. The van der Waals surface area contributed by atoms with Gasteiger partial charge in [0.15, 0.2) is 0 Å². The SMILES string of the molecule is O=C1CC(C(=O)NCCSC(F)(F)F)(c2cccc(Br)c2)C1. The van der Waals surface area contributed by atoms with Crippen molar-refractivity contribution in [2.24, 2.45) is 0 Å². The molecule has 1 N–H and O–H groups in total. The average molecular weight is 396 g/mol. The standard InChI is InChI=1S/C14H13BrF3NO2S/c15-10-3-1-2-9(6-10)13(7-11(20)8-13)12(21)19-4-5-22-14(16,17)18/h1-3,6H,4-5,7-8H2,(H,19,21). The summed E-state index contributed by atoms with van der Waals surface area (Å²) in [5, 5.41) is 2.51. The van der Waals surface area contributed by atoms with E-state index in [1.165, 1.54) is 0 Å². The number of hydrogen-bond acceptors (Lipinski definition) is 3. The summed E-state index contributed by atoms with van der Waals surface area (Å²) in [7, 11) is 0. The molecule has 1 amide bonds. The van der Waals surface area contributed by atoms with E-state index in [1.54, 1.807) is 24.3 Å². The summed E-state index contributed by atoms with van der Waals surface area (Å²) in [5.41, 5.74) is -4.56. The number of nitrogens with one attached hydrogen (secondary N) is 1. The van der Waals surface area contributed by atoms with Gasteiger partial charge in [-0.15, -0.1) is 0 Å². The maximum Gasteiger partial charge on any atom is 0.441 e. The molecule has 0 unspecified atom stereocenters. The predicted octanol–water partition coefficient (Wildman–Crippen LogP) is 3.42. The largest absolute Gasteiger partial charge is 0.441 e. The highest BCUT2D eigenvalue weighted by molar-refractivity contribution is 9.10. The number of benzene rings is 1. The van der Waals surface area contributed by atoms with Crippen LogP contribution in [0.2, 0.25) is 0 Å². The van der Waals surface area contributed by atoms with Crippen molar-refractivity contribution in [2.75, 3.05) is 12.3 Å². The molecule has 2 rings (SSSR count). The van der Waals surface area contributed by atoms with Crippen molar-refractivity contribution in [3.05, 3.63) is 34.3 Å². The molecule has 1 aromatic carbocycles. The van der Waals surface area contributed by atoms with Crippen LogP contribution >= 0.6 is 27.7 Å². The molecule has 22 heavy (non-hydrogen) atoms. The lowest BCUT2D eigenvalue weighted by Crippen LogP contribution is -2.53. The Hall–Kier alpha value is -1.02. The normalized spacial score (nSPS) is 17.0. The lowest BCUT2D eigenvalue weighted by Gasteiger charge is -2.39. The highest BCUT2D eigenvalue weighted by atomic mass is 79.9. The summed E-state index contributed by atoms with van der Waals surface area (Å²) in [5.74, 6) is -0.676. The van der Waals surface area contributed by atoms with E-state index in [1.807, 2.05) is 0 Å². The van der Waals surface area contributed by atoms with Gasteiger partial charge in [-0.05, 0) is 29.5 Å². The summed E-state index contributed by atoms with van der Waals surface area (Å²) in [6, 6.07) is 7.07. The first-order chi connectivity index (χ1) is 10.2. The van der Waals surface area contributed by atoms with Crippen LogP contribution in [0.1, 0.15) is 18.4 Å². The van der Waals surface area contributed by atoms with Crippen LogP contribution in [0.3, 0.4) is 0 Å². The van der Waals surface area contributed by atoms with Gasteiger partial charge in [0, 0.05) is 29.6 Å². The van der Waals surface area contributed by atoms with E-state index in [4.69, 9.17) is 0 Å². The van der Waals surface area contributed by atoms with E-state index in [-0.39, 0.29) is 42.7 Å². The first-order valence-electron chi connectivity index (χ1n) is 6.50. The molecule has 0 spiro atoms. The summed E-state index contributed by atoms with van der Waals surface area (Å²) in [6.07, 6.45) is 0.170. The Morgan fingerprint density at radius 3 is 2.59 bits per heavy atom. The van der Waals surface area contributed by atoms with Gasteiger partial charge in [-0.25, -0.2) is 0 Å². The Labute approximate surface area is 138 Å². The molecule has 0 radical (unpaired) electrons. The number of carbonyl (C=O) groups is 2. The third kappa shape index (κ3) is 4.04. The molecule has 1 aliphatic carbocycles. The number of alkyl halides is 3. The maximum absolute atomic E-state index is 12.4. The van der Waals surface area contributed by atoms with E-state index >= 15 is 0 Å². The minimum atomic E-state index is -4.31. The van der Waals surface area contributed by atoms with Gasteiger partial charge in [0.05, 0.1) is 5.41 Å². The fraction of sp³-hybridized carbons (Fsp3) is 0.429. The molecule has 0 atom stereocenters. The van der Waals surface area contributed by atoms with Crippen molar-refractivity contribution in [1.82, 2.24) is 5.32 Å². The molecule has 1 aliphatic rings. The van der Waals surface area contributed by atoms with Crippen molar-refractivity contribution in [2.45, 2.75) is 23.8 Å². The van der Waals surface area contributed by atoms with Crippen molar-refractivity contribution in [1.29, 1.82) is 0 Å². The van der Waals surface area contributed by atoms with E-state index in [9.17, 15) is 22.8 Å². The van der Waals surface area contributed by atoms with Gasteiger partial charge in [-0.2, -0.15) is 13.2 Å². The Balaban J connectivity index is 2.02. The highest BCUT2D eigenvalue weighted by Gasteiger charge is 2.51. The maximum atomic E-state index is 12.4. The molecule has 1 saturated carbocycles. The van der Waals surface area contributed by atoms with Gasteiger partial charge < -0.3 is 5.32 Å². The fourth-order valence-electron chi connectivity index (χ4n) is 2.40. The number of thioether (sulfide) groups is 1. The summed E-state index contributed by atoms with van der Waals surface area (Å²) in [6.45, 7) is -0.0903. The number of hydrogen-bond donors (Lipinski definition) is 1. The number of Topliss-reactive ketones (excluding diaryl/α,β-unsaturated/α-hetero) is 1. The number of ketones is 1. The summed E-state index contributed by atoms with van der Waals surface area (Å²) < 4.78 is 36.9. The van der Waals surface area contributed by atoms with Crippen molar-refractivity contribution >= 4 is 39.4 Å². The zero-order valence-corrected chi connectivity index (χ0v) is 13.8. The third-order valence-electron chi connectivity index (χ3n) is 3.46. The van der Waals surface area contributed by atoms with E-state index in [0.29, 0.717) is 5.56 Å². The van der Waals surface area contributed by atoms with Crippen LogP contribution in [0.5, 0.6) is 0 Å². The molecule has 0 saturated heterocycles. The summed E-state index contributed by atoms with van der Waals surface area (Å²) >= 11 is 3.13. The highest BCUT2D eigenvalue weighted by Crippen LogP contribution is 2.42. The van der Waals surface area contributed by atoms with Crippen LogP contribution in [0.15, 0.2) is 28.7 Å². The van der Waals surface area contributed by atoms with E-state index in [2.05, 4.69) is 21.2 Å². The van der Waals surface area contributed by atoms with Gasteiger partial charge in [-0.3, -0.25) is 9.59 Å². The Bertz CT molecular complexity index is 584. The molecule has 1 fully saturated rings. The van der Waals surface area contributed by atoms with Crippen molar-refractivity contribution in [3.8, 4) is 0 Å². The van der Waals surface area contributed by atoms with Gasteiger partial charge in [0.25, 0.3) is 0 Å². The predicted molar refractivity (Wildman–Crippen MR) is 81.6 cm³/mol. The van der Waals surface area contributed by atoms with Crippen LogP contribution in [0.25, 0.3) is 0 Å². The molecule has 8 heteroatoms. The molecule has 120 valence electrons. The van der Waals surface area contributed by atoms with Crippen molar-refractivity contribution in [3.63, 3.8) is 0 Å². The minimum Gasteiger partial charge on any atom is -0.354 e.